The Kier molecular flexibility index (Phi) is 9.85. The molecule has 0 spiro atoms. The van der Waals surface area contributed by atoms with E-state index >= 15 is 0 Å². The Morgan fingerprint density at radius 1 is 1.07 bits per heavy atom. The van der Waals surface area contributed by atoms with Crippen molar-refractivity contribution in [2.75, 3.05) is 12.3 Å². The fourth-order valence-corrected chi connectivity index (χ4v) is 4.13. The third-order valence-corrected chi connectivity index (χ3v) is 6.14. The molecule has 0 aliphatic heterocycles. The quantitative estimate of drug-likeness (QED) is 0.540. The number of carbonyl (C=O) groups excluding carboxylic acids is 2. The van der Waals surface area contributed by atoms with E-state index in [0.717, 1.165) is 17.7 Å². The van der Waals surface area contributed by atoms with Crippen LogP contribution in [0.4, 0.5) is 0 Å². The van der Waals surface area contributed by atoms with Crippen LogP contribution in [0.3, 0.4) is 0 Å². The van der Waals surface area contributed by atoms with Crippen LogP contribution in [0.5, 0.6) is 0 Å². The molecule has 0 aliphatic carbocycles. The first-order valence-corrected chi connectivity index (χ1v) is 11.5. The molecule has 2 amide bonds. The maximum Gasteiger partial charge on any atom is 0.242 e. The summed E-state index contributed by atoms with van der Waals surface area (Å²) in [4.78, 5) is 27.1. The Balaban J connectivity index is 2.12. The van der Waals surface area contributed by atoms with Crippen molar-refractivity contribution in [2.45, 2.75) is 38.6 Å². The first-order valence-electron chi connectivity index (χ1n) is 9.55. The summed E-state index contributed by atoms with van der Waals surface area (Å²) in [6, 6.07) is 14.6. The van der Waals surface area contributed by atoms with Crippen molar-refractivity contribution >= 4 is 46.8 Å². The molecule has 1 N–H and O–H groups in total. The van der Waals surface area contributed by atoms with Crippen molar-refractivity contribution in [1.82, 2.24) is 10.2 Å². The van der Waals surface area contributed by atoms with Crippen molar-refractivity contribution < 1.29 is 9.59 Å². The number of thioether (sulfide) groups is 1. The SMILES string of the molecule is CCCNC(=O)[C@@H](C)N(Cc1c(Cl)cccc1Cl)C(=O)CSCc1ccccc1. The number of carbonyl (C=O) groups is 2. The van der Waals surface area contributed by atoms with Gasteiger partial charge in [0.1, 0.15) is 6.04 Å². The molecule has 0 fully saturated rings. The third kappa shape index (κ3) is 7.25. The number of nitrogens with one attached hydrogen (secondary N) is 1. The van der Waals surface area contributed by atoms with Crippen LogP contribution >= 0.6 is 35.0 Å². The number of halogens is 2. The van der Waals surface area contributed by atoms with Gasteiger partial charge in [0.15, 0.2) is 0 Å². The summed E-state index contributed by atoms with van der Waals surface area (Å²) in [5.74, 6) is 0.684. The summed E-state index contributed by atoms with van der Waals surface area (Å²) in [7, 11) is 0. The summed E-state index contributed by atoms with van der Waals surface area (Å²) in [5, 5.41) is 3.82. The number of benzene rings is 2. The summed E-state index contributed by atoms with van der Waals surface area (Å²) in [6.45, 7) is 4.47. The zero-order chi connectivity index (χ0) is 21.2. The molecule has 4 nitrogen and oxygen atoms in total. The Morgan fingerprint density at radius 3 is 2.34 bits per heavy atom. The van der Waals surface area contributed by atoms with Crippen molar-refractivity contribution in [3.05, 3.63) is 69.7 Å². The Labute approximate surface area is 187 Å². The van der Waals surface area contributed by atoms with Gasteiger partial charge in [-0.15, -0.1) is 11.8 Å². The standard InChI is InChI=1S/C22H26Cl2N2O2S/c1-3-12-25-22(28)16(2)26(13-18-19(23)10-7-11-20(18)24)21(27)15-29-14-17-8-5-4-6-9-17/h4-11,16H,3,12-15H2,1-2H3,(H,25,28)/t16-/m1/s1. The maximum absolute atomic E-state index is 13.0. The molecule has 2 aromatic carbocycles. The molecule has 2 rings (SSSR count). The average molecular weight is 453 g/mol. The normalized spacial score (nSPS) is 11.7. The Hall–Kier alpha value is -1.69. The predicted octanol–water partition coefficient (Wildman–Crippen LogP) is 5.17. The van der Waals surface area contributed by atoms with Gasteiger partial charge >= 0.3 is 0 Å². The fourth-order valence-electron chi connectivity index (χ4n) is 2.75. The molecule has 0 bridgehead atoms. The van der Waals surface area contributed by atoms with Gasteiger partial charge in [0, 0.05) is 34.5 Å². The molecular formula is C22H26Cl2N2O2S. The highest BCUT2D eigenvalue weighted by Crippen LogP contribution is 2.27. The first kappa shape index (κ1) is 23.6. The van der Waals surface area contributed by atoms with Crippen LogP contribution in [-0.2, 0) is 21.9 Å². The van der Waals surface area contributed by atoms with Crippen molar-refractivity contribution in [3.8, 4) is 0 Å². The van der Waals surface area contributed by atoms with Gasteiger partial charge in [-0.3, -0.25) is 9.59 Å². The highest BCUT2D eigenvalue weighted by molar-refractivity contribution is 7.99. The second kappa shape index (κ2) is 12.1. The van der Waals surface area contributed by atoms with Gasteiger partial charge in [-0.1, -0.05) is 66.5 Å². The van der Waals surface area contributed by atoms with E-state index in [1.165, 1.54) is 11.8 Å². The smallest absolute Gasteiger partial charge is 0.242 e. The van der Waals surface area contributed by atoms with Crippen LogP contribution < -0.4 is 5.32 Å². The van der Waals surface area contributed by atoms with E-state index < -0.39 is 6.04 Å². The summed E-state index contributed by atoms with van der Waals surface area (Å²) in [5.41, 5.74) is 1.80. The number of hydrogen-bond acceptors (Lipinski definition) is 3. The molecule has 156 valence electrons. The topological polar surface area (TPSA) is 49.4 Å². The van der Waals surface area contributed by atoms with Crippen LogP contribution in [0.2, 0.25) is 10.0 Å². The van der Waals surface area contributed by atoms with E-state index in [0.29, 0.717) is 22.2 Å². The van der Waals surface area contributed by atoms with Crippen LogP contribution in [0, 0.1) is 0 Å². The summed E-state index contributed by atoms with van der Waals surface area (Å²) < 4.78 is 0. The Bertz CT molecular complexity index is 797. The lowest BCUT2D eigenvalue weighted by Gasteiger charge is -2.29. The molecular weight excluding hydrogens is 427 g/mol. The third-order valence-electron chi connectivity index (χ3n) is 4.44. The fraction of sp³-hybridized carbons (Fsp3) is 0.364. The number of nitrogens with zero attached hydrogens (tertiary/aromatic N) is 1. The minimum absolute atomic E-state index is 0.124. The lowest BCUT2D eigenvalue weighted by atomic mass is 10.1. The van der Waals surface area contributed by atoms with E-state index in [9.17, 15) is 9.59 Å². The highest BCUT2D eigenvalue weighted by atomic mass is 35.5. The van der Waals surface area contributed by atoms with E-state index in [-0.39, 0.29) is 24.1 Å². The van der Waals surface area contributed by atoms with Crippen molar-refractivity contribution in [1.29, 1.82) is 0 Å². The molecule has 0 unspecified atom stereocenters. The molecule has 1 atom stereocenters. The minimum atomic E-state index is -0.626. The monoisotopic (exact) mass is 452 g/mol. The molecule has 0 aliphatic rings. The minimum Gasteiger partial charge on any atom is -0.354 e. The van der Waals surface area contributed by atoms with E-state index in [1.54, 1.807) is 30.0 Å². The van der Waals surface area contributed by atoms with Gasteiger partial charge in [0.25, 0.3) is 0 Å². The van der Waals surface area contributed by atoms with Gasteiger partial charge in [0.05, 0.1) is 5.75 Å². The van der Waals surface area contributed by atoms with Crippen LogP contribution in [0.25, 0.3) is 0 Å². The van der Waals surface area contributed by atoms with Gasteiger partial charge in [0.2, 0.25) is 11.8 Å². The van der Waals surface area contributed by atoms with Gasteiger partial charge in [-0.05, 0) is 31.0 Å². The molecule has 7 heteroatoms. The molecule has 0 saturated carbocycles. The van der Waals surface area contributed by atoms with Crippen molar-refractivity contribution in [2.24, 2.45) is 0 Å². The predicted molar refractivity (Wildman–Crippen MR) is 122 cm³/mol. The lowest BCUT2D eigenvalue weighted by molar-refractivity contribution is -0.138. The number of rotatable bonds is 10. The maximum atomic E-state index is 13.0. The molecule has 29 heavy (non-hydrogen) atoms. The molecule has 0 saturated heterocycles. The molecule has 0 radical (unpaired) electrons. The van der Waals surface area contributed by atoms with E-state index in [4.69, 9.17) is 23.2 Å². The lowest BCUT2D eigenvalue weighted by Crippen LogP contribution is -2.48. The van der Waals surface area contributed by atoms with E-state index in [2.05, 4.69) is 5.32 Å². The molecule has 0 aromatic heterocycles. The van der Waals surface area contributed by atoms with Crippen LogP contribution in [0.15, 0.2) is 48.5 Å². The second-order valence-corrected chi connectivity index (χ2v) is 8.47. The summed E-state index contributed by atoms with van der Waals surface area (Å²) in [6.07, 6.45) is 0.829. The van der Waals surface area contributed by atoms with Gasteiger partial charge in [-0.25, -0.2) is 0 Å². The summed E-state index contributed by atoms with van der Waals surface area (Å²) >= 11 is 14.1. The average Bonchev–Trinajstić information content (AvgIpc) is 2.72. The van der Waals surface area contributed by atoms with Gasteiger partial charge < -0.3 is 10.2 Å². The van der Waals surface area contributed by atoms with Crippen LogP contribution in [-0.4, -0.2) is 35.1 Å². The Morgan fingerprint density at radius 2 is 1.72 bits per heavy atom. The molecule has 2 aromatic rings. The zero-order valence-electron chi connectivity index (χ0n) is 16.7. The van der Waals surface area contributed by atoms with E-state index in [1.807, 2.05) is 37.3 Å². The highest BCUT2D eigenvalue weighted by Gasteiger charge is 2.27. The van der Waals surface area contributed by atoms with Crippen molar-refractivity contribution in [3.63, 3.8) is 0 Å². The second-order valence-electron chi connectivity index (χ2n) is 6.67. The van der Waals surface area contributed by atoms with Gasteiger partial charge in [-0.2, -0.15) is 0 Å². The first-order chi connectivity index (χ1) is 13.9. The van der Waals surface area contributed by atoms with Crippen LogP contribution in [0.1, 0.15) is 31.4 Å². The molecule has 0 heterocycles. The zero-order valence-corrected chi connectivity index (χ0v) is 19.0. The number of amides is 2. The largest absolute Gasteiger partial charge is 0.354 e. The number of hydrogen-bond donors (Lipinski definition) is 1.